The van der Waals surface area contributed by atoms with Gasteiger partial charge in [0.05, 0.1) is 24.8 Å². The Labute approximate surface area is 263 Å². The van der Waals surface area contributed by atoms with Crippen LogP contribution in [0.2, 0.25) is 10.0 Å². The van der Waals surface area contributed by atoms with Crippen LogP contribution in [-0.4, -0.2) is 58.5 Å². The van der Waals surface area contributed by atoms with E-state index in [1.807, 2.05) is 20.8 Å². The molecule has 12 heteroatoms. The van der Waals surface area contributed by atoms with E-state index in [9.17, 15) is 18.0 Å². The number of hydrogen-bond acceptors (Lipinski definition) is 6. The Kier molecular flexibility index (Phi) is 11.7. The Morgan fingerprint density at radius 1 is 0.930 bits per heavy atom. The highest BCUT2D eigenvalue weighted by molar-refractivity contribution is 7.92. The van der Waals surface area contributed by atoms with E-state index in [1.54, 1.807) is 49.4 Å². The minimum absolute atomic E-state index is 0.0224. The molecular weight excluding hydrogens is 613 g/mol. The van der Waals surface area contributed by atoms with Crippen LogP contribution in [0.5, 0.6) is 11.5 Å². The number of nitrogens with zero attached hydrogens (tertiary/aromatic N) is 2. The van der Waals surface area contributed by atoms with Gasteiger partial charge in [0.25, 0.3) is 10.0 Å². The summed E-state index contributed by atoms with van der Waals surface area (Å²) in [6, 6.07) is 14.8. The van der Waals surface area contributed by atoms with E-state index < -0.39 is 28.5 Å². The third kappa shape index (κ3) is 8.55. The first-order valence-corrected chi connectivity index (χ1v) is 15.8. The van der Waals surface area contributed by atoms with Crippen molar-refractivity contribution in [1.29, 1.82) is 0 Å². The molecule has 0 radical (unpaired) electrons. The molecule has 3 rings (SSSR count). The maximum absolute atomic E-state index is 14.2. The van der Waals surface area contributed by atoms with Crippen molar-refractivity contribution in [1.82, 2.24) is 10.2 Å². The van der Waals surface area contributed by atoms with E-state index in [4.69, 9.17) is 32.7 Å². The summed E-state index contributed by atoms with van der Waals surface area (Å²) in [6.07, 6.45) is 0. The molecule has 43 heavy (non-hydrogen) atoms. The Hall–Kier alpha value is -3.47. The molecule has 232 valence electrons. The van der Waals surface area contributed by atoms with Crippen LogP contribution in [0.4, 0.5) is 5.69 Å². The fourth-order valence-electron chi connectivity index (χ4n) is 4.21. The molecule has 3 aromatic rings. The summed E-state index contributed by atoms with van der Waals surface area (Å²) in [5.74, 6) is -0.280. The molecule has 0 heterocycles. The van der Waals surface area contributed by atoms with Crippen molar-refractivity contribution in [2.45, 2.75) is 45.2 Å². The number of hydrogen-bond donors (Lipinski definition) is 1. The van der Waals surface area contributed by atoms with Crippen molar-refractivity contribution in [2.24, 2.45) is 5.92 Å². The van der Waals surface area contributed by atoms with Crippen LogP contribution in [0.15, 0.2) is 65.6 Å². The van der Waals surface area contributed by atoms with Gasteiger partial charge in [-0.05, 0) is 61.7 Å². The average Bonchev–Trinajstić information content (AvgIpc) is 2.97. The lowest BCUT2D eigenvalue weighted by atomic mass is 10.1. The maximum Gasteiger partial charge on any atom is 0.264 e. The number of carbonyl (C=O) groups excluding carboxylic acids is 2. The van der Waals surface area contributed by atoms with E-state index in [0.29, 0.717) is 27.9 Å². The van der Waals surface area contributed by atoms with Gasteiger partial charge in [0.15, 0.2) is 0 Å². The lowest BCUT2D eigenvalue weighted by Crippen LogP contribution is -2.51. The number of nitrogens with one attached hydrogen (secondary N) is 1. The maximum atomic E-state index is 14.2. The van der Waals surface area contributed by atoms with E-state index in [1.165, 1.54) is 37.3 Å². The molecule has 0 saturated heterocycles. The number of amides is 2. The normalized spacial score (nSPS) is 12.0. The number of halogens is 2. The molecule has 0 saturated carbocycles. The van der Waals surface area contributed by atoms with Crippen molar-refractivity contribution < 1.29 is 27.5 Å². The number of aryl methyl sites for hydroxylation is 1. The lowest BCUT2D eigenvalue weighted by molar-refractivity contribution is -0.139. The SMILES string of the molecule is COc1ccc(OC)c(N(CC(=O)N(Cc2ccc(Cl)cc2Cl)[C@@H](C)C(=O)NCC(C)C)S(=O)(=O)c2ccc(C)cc2)c1. The molecule has 0 bridgehead atoms. The molecular formula is C31H37Cl2N3O6S. The van der Waals surface area contributed by atoms with Gasteiger partial charge < -0.3 is 19.7 Å². The third-order valence-corrected chi connectivity index (χ3v) is 9.11. The third-order valence-electron chi connectivity index (χ3n) is 6.75. The first-order chi connectivity index (χ1) is 20.3. The second-order valence-electron chi connectivity index (χ2n) is 10.4. The van der Waals surface area contributed by atoms with Crippen LogP contribution < -0.4 is 19.1 Å². The van der Waals surface area contributed by atoms with Gasteiger partial charge in [-0.2, -0.15) is 0 Å². The molecule has 0 aliphatic carbocycles. The number of rotatable bonds is 13. The predicted molar refractivity (Wildman–Crippen MR) is 170 cm³/mol. The molecule has 0 spiro atoms. The van der Waals surface area contributed by atoms with Crippen LogP contribution in [0, 0.1) is 12.8 Å². The van der Waals surface area contributed by atoms with Crippen molar-refractivity contribution in [3.05, 3.63) is 81.8 Å². The monoisotopic (exact) mass is 649 g/mol. The summed E-state index contributed by atoms with van der Waals surface area (Å²) in [5.41, 5.74) is 1.50. The van der Waals surface area contributed by atoms with Crippen molar-refractivity contribution in [2.75, 3.05) is 31.6 Å². The molecule has 1 atom stereocenters. The van der Waals surface area contributed by atoms with Crippen LogP contribution >= 0.6 is 23.2 Å². The quantitative estimate of drug-likeness (QED) is 0.255. The lowest BCUT2D eigenvalue weighted by Gasteiger charge is -2.32. The average molecular weight is 651 g/mol. The topological polar surface area (TPSA) is 105 Å². The fraction of sp³-hybridized carbons (Fsp3) is 0.355. The summed E-state index contributed by atoms with van der Waals surface area (Å²) in [4.78, 5) is 28.6. The number of ether oxygens (including phenoxy) is 2. The van der Waals surface area contributed by atoms with E-state index in [0.717, 1.165) is 9.87 Å². The van der Waals surface area contributed by atoms with Gasteiger partial charge in [-0.25, -0.2) is 8.42 Å². The smallest absolute Gasteiger partial charge is 0.264 e. The number of carbonyl (C=O) groups is 2. The summed E-state index contributed by atoms with van der Waals surface area (Å²) in [5, 5.41) is 3.57. The molecule has 0 aliphatic heterocycles. The summed E-state index contributed by atoms with van der Waals surface area (Å²) in [6.45, 7) is 7.03. The number of sulfonamides is 1. The highest BCUT2D eigenvalue weighted by Gasteiger charge is 2.34. The molecule has 0 unspecified atom stereocenters. The van der Waals surface area contributed by atoms with Crippen LogP contribution in [0.3, 0.4) is 0 Å². The Balaban J connectivity index is 2.13. The van der Waals surface area contributed by atoms with Crippen LogP contribution in [0.25, 0.3) is 0 Å². The van der Waals surface area contributed by atoms with E-state index in [2.05, 4.69) is 5.32 Å². The minimum Gasteiger partial charge on any atom is -0.497 e. The Morgan fingerprint density at radius 2 is 1.60 bits per heavy atom. The highest BCUT2D eigenvalue weighted by atomic mass is 35.5. The number of benzene rings is 3. The molecule has 0 aliphatic rings. The van der Waals surface area contributed by atoms with Crippen molar-refractivity contribution in [3.63, 3.8) is 0 Å². The first kappa shape index (κ1) is 34.0. The van der Waals surface area contributed by atoms with Crippen LogP contribution in [-0.2, 0) is 26.2 Å². The minimum atomic E-state index is -4.30. The zero-order valence-electron chi connectivity index (χ0n) is 25.1. The number of methoxy groups -OCH3 is 2. The highest BCUT2D eigenvalue weighted by Crippen LogP contribution is 2.36. The number of anilines is 1. The second kappa shape index (κ2) is 14.8. The fourth-order valence-corrected chi connectivity index (χ4v) is 6.10. The molecule has 3 aromatic carbocycles. The van der Waals surface area contributed by atoms with Gasteiger partial charge in [-0.3, -0.25) is 13.9 Å². The molecule has 0 fully saturated rings. The summed E-state index contributed by atoms with van der Waals surface area (Å²) < 4.78 is 40.1. The first-order valence-electron chi connectivity index (χ1n) is 13.6. The van der Waals surface area contributed by atoms with Crippen molar-refractivity contribution in [3.8, 4) is 11.5 Å². The van der Waals surface area contributed by atoms with E-state index >= 15 is 0 Å². The Morgan fingerprint density at radius 3 is 2.19 bits per heavy atom. The second-order valence-corrected chi connectivity index (χ2v) is 13.1. The molecule has 0 aromatic heterocycles. The molecule has 1 N–H and O–H groups in total. The molecule has 9 nitrogen and oxygen atoms in total. The van der Waals surface area contributed by atoms with Gasteiger partial charge in [0.2, 0.25) is 11.8 Å². The zero-order valence-corrected chi connectivity index (χ0v) is 27.4. The van der Waals surface area contributed by atoms with Crippen LogP contribution in [0.1, 0.15) is 31.9 Å². The van der Waals surface area contributed by atoms with Gasteiger partial charge >= 0.3 is 0 Å². The van der Waals surface area contributed by atoms with Gasteiger partial charge in [0, 0.05) is 29.2 Å². The van der Waals surface area contributed by atoms with Gasteiger partial charge in [-0.15, -0.1) is 0 Å². The standard InChI is InChI=1S/C31H37Cl2N3O6S/c1-20(2)17-34-31(38)22(4)35(18-23-9-10-24(32)15-27(23)33)30(37)19-36(28-16-25(41-5)11-14-29(28)42-6)43(39,40)26-12-7-21(3)8-13-26/h7-16,20,22H,17-19H2,1-6H3,(H,34,38)/t22-/m0/s1. The largest absolute Gasteiger partial charge is 0.497 e. The summed E-state index contributed by atoms with van der Waals surface area (Å²) >= 11 is 12.5. The van der Waals surface area contributed by atoms with E-state index in [-0.39, 0.29) is 34.7 Å². The van der Waals surface area contributed by atoms with Gasteiger partial charge in [0.1, 0.15) is 24.1 Å². The molecule has 2 amide bonds. The Bertz CT molecular complexity index is 1550. The predicted octanol–water partition coefficient (Wildman–Crippen LogP) is 5.70. The zero-order chi connectivity index (χ0) is 31.9. The van der Waals surface area contributed by atoms with Gasteiger partial charge in [-0.1, -0.05) is 60.8 Å². The summed E-state index contributed by atoms with van der Waals surface area (Å²) in [7, 11) is -1.45. The van der Waals surface area contributed by atoms with Crippen molar-refractivity contribution >= 4 is 50.7 Å².